The van der Waals surface area contributed by atoms with Gasteiger partial charge in [0.25, 0.3) is 0 Å². The highest BCUT2D eigenvalue weighted by Crippen LogP contribution is 2.37. The molecule has 0 spiro atoms. The Hall–Kier alpha value is -2.30. The second-order valence-electron chi connectivity index (χ2n) is 5.43. The summed E-state index contributed by atoms with van der Waals surface area (Å²) in [5, 5.41) is 12.5. The summed E-state index contributed by atoms with van der Waals surface area (Å²) in [4.78, 5) is 28.4. The number of nitrogens with one attached hydrogen (secondary N) is 1. The van der Waals surface area contributed by atoms with Gasteiger partial charge in [0.1, 0.15) is 0 Å². The summed E-state index contributed by atoms with van der Waals surface area (Å²) in [6.45, 7) is 3.60. The number of benzene rings is 1. The van der Waals surface area contributed by atoms with Crippen LogP contribution in [-0.2, 0) is 16.0 Å². The number of carbonyl (C=O) groups excluding carboxylic acids is 2. The standard InChI is InChI=1S/C16H18N2O3/c1-3-14(19)18-9(2)15-11(8-13(18)16(20)21)10-6-4-5-7-12(10)17-15/h4-7,9,13,17H,3,8H2,1-2H3,(H,20,21)/p-1/t9-,13-/m0/s1. The van der Waals surface area contributed by atoms with E-state index in [4.69, 9.17) is 0 Å². The Morgan fingerprint density at radius 1 is 1.38 bits per heavy atom. The molecule has 1 aromatic heterocycles. The van der Waals surface area contributed by atoms with Crippen LogP contribution in [0.25, 0.3) is 10.9 Å². The molecule has 3 rings (SSSR count). The van der Waals surface area contributed by atoms with Crippen molar-refractivity contribution >= 4 is 22.8 Å². The number of aliphatic carboxylic acids is 1. The molecule has 5 nitrogen and oxygen atoms in total. The lowest BCUT2D eigenvalue weighted by Gasteiger charge is -2.41. The molecule has 1 N–H and O–H groups in total. The molecule has 0 radical (unpaired) electrons. The first-order valence-electron chi connectivity index (χ1n) is 7.16. The van der Waals surface area contributed by atoms with E-state index in [9.17, 15) is 14.7 Å². The Balaban J connectivity index is 2.16. The lowest BCUT2D eigenvalue weighted by atomic mass is 9.92. The van der Waals surface area contributed by atoms with Crippen molar-refractivity contribution < 1.29 is 14.7 Å². The fourth-order valence-corrected chi connectivity index (χ4v) is 3.27. The van der Waals surface area contributed by atoms with Gasteiger partial charge in [-0.3, -0.25) is 4.79 Å². The number of hydrogen-bond acceptors (Lipinski definition) is 3. The summed E-state index contributed by atoms with van der Waals surface area (Å²) in [5.74, 6) is -1.36. The first-order valence-corrected chi connectivity index (χ1v) is 7.16. The van der Waals surface area contributed by atoms with Crippen LogP contribution in [-0.4, -0.2) is 27.8 Å². The maximum Gasteiger partial charge on any atom is 0.223 e. The van der Waals surface area contributed by atoms with Crippen LogP contribution in [0.15, 0.2) is 24.3 Å². The minimum absolute atomic E-state index is 0.166. The highest BCUT2D eigenvalue weighted by atomic mass is 16.4. The number of aromatic amines is 1. The van der Waals surface area contributed by atoms with Gasteiger partial charge in [0.2, 0.25) is 5.91 Å². The van der Waals surface area contributed by atoms with Gasteiger partial charge >= 0.3 is 0 Å². The zero-order valence-corrected chi connectivity index (χ0v) is 12.1. The number of amides is 1. The molecule has 1 amide bonds. The lowest BCUT2D eigenvalue weighted by Crippen LogP contribution is -2.54. The Bertz CT molecular complexity index is 719. The molecule has 1 aliphatic rings. The van der Waals surface area contributed by atoms with Crippen LogP contribution in [0.2, 0.25) is 0 Å². The van der Waals surface area contributed by atoms with Gasteiger partial charge in [0.15, 0.2) is 0 Å². The zero-order valence-electron chi connectivity index (χ0n) is 12.1. The van der Waals surface area contributed by atoms with Gasteiger partial charge in [0, 0.05) is 29.4 Å². The van der Waals surface area contributed by atoms with E-state index < -0.39 is 12.0 Å². The molecule has 0 saturated heterocycles. The van der Waals surface area contributed by atoms with Crippen LogP contribution in [0.3, 0.4) is 0 Å². The van der Waals surface area contributed by atoms with Crippen molar-refractivity contribution in [2.24, 2.45) is 0 Å². The van der Waals surface area contributed by atoms with Gasteiger partial charge in [0.05, 0.1) is 18.1 Å². The van der Waals surface area contributed by atoms with Crippen LogP contribution in [0.5, 0.6) is 0 Å². The molecule has 0 unspecified atom stereocenters. The Labute approximate surface area is 122 Å². The molecule has 2 aromatic rings. The summed E-state index contributed by atoms with van der Waals surface area (Å²) in [5.41, 5.74) is 2.88. The second-order valence-corrected chi connectivity index (χ2v) is 5.43. The van der Waals surface area contributed by atoms with E-state index in [1.165, 1.54) is 4.90 Å². The fourth-order valence-electron chi connectivity index (χ4n) is 3.27. The molecule has 21 heavy (non-hydrogen) atoms. The third-order valence-corrected chi connectivity index (χ3v) is 4.28. The summed E-state index contributed by atoms with van der Waals surface area (Å²) in [6, 6.07) is 6.59. The predicted molar refractivity (Wildman–Crippen MR) is 76.3 cm³/mol. The fraction of sp³-hybridized carbons (Fsp3) is 0.375. The minimum Gasteiger partial charge on any atom is -0.548 e. The number of hydrogen-bond donors (Lipinski definition) is 1. The van der Waals surface area contributed by atoms with Crippen molar-refractivity contribution in [1.82, 2.24) is 9.88 Å². The minimum atomic E-state index is -1.19. The van der Waals surface area contributed by atoms with Gasteiger partial charge in [-0.25, -0.2) is 0 Å². The summed E-state index contributed by atoms with van der Waals surface area (Å²) < 4.78 is 0. The Morgan fingerprint density at radius 2 is 2.10 bits per heavy atom. The number of carbonyl (C=O) groups is 2. The van der Waals surface area contributed by atoms with Crippen molar-refractivity contribution in [3.63, 3.8) is 0 Å². The van der Waals surface area contributed by atoms with Crippen LogP contribution >= 0.6 is 0 Å². The van der Waals surface area contributed by atoms with E-state index in [0.717, 1.165) is 22.2 Å². The van der Waals surface area contributed by atoms with Crippen molar-refractivity contribution in [2.75, 3.05) is 0 Å². The second kappa shape index (κ2) is 4.91. The maximum absolute atomic E-state index is 12.1. The molecule has 1 aromatic carbocycles. The van der Waals surface area contributed by atoms with E-state index in [1.54, 1.807) is 6.92 Å². The smallest absolute Gasteiger partial charge is 0.223 e. The molecular weight excluding hydrogens is 268 g/mol. The van der Waals surface area contributed by atoms with E-state index in [-0.39, 0.29) is 24.8 Å². The quantitative estimate of drug-likeness (QED) is 0.899. The van der Waals surface area contributed by atoms with Gasteiger partial charge < -0.3 is 19.8 Å². The maximum atomic E-state index is 12.1. The van der Waals surface area contributed by atoms with Crippen molar-refractivity contribution in [3.05, 3.63) is 35.5 Å². The van der Waals surface area contributed by atoms with Crippen molar-refractivity contribution in [2.45, 2.75) is 38.8 Å². The van der Waals surface area contributed by atoms with Gasteiger partial charge in [-0.05, 0) is 18.6 Å². The van der Waals surface area contributed by atoms with Crippen molar-refractivity contribution in [3.8, 4) is 0 Å². The Morgan fingerprint density at radius 3 is 2.76 bits per heavy atom. The highest BCUT2D eigenvalue weighted by molar-refractivity contribution is 5.89. The SMILES string of the molecule is CCC(=O)N1[C@H](C(=O)[O-])Cc2c([nH]c3ccccc23)[C@@H]1C. The van der Waals surface area contributed by atoms with Crippen LogP contribution in [0, 0.1) is 0 Å². The van der Waals surface area contributed by atoms with Crippen molar-refractivity contribution in [1.29, 1.82) is 0 Å². The largest absolute Gasteiger partial charge is 0.548 e. The monoisotopic (exact) mass is 285 g/mol. The average molecular weight is 285 g/mol. The number of carboxylic acid groups (broad SMARTS) is 1. The van der Waals surface area contributed by atoms with Crippen LogP contribution in [0.4, 0.5) is 0 Å². The van der Waals surface area contributed by atoms with E-state index in [1.807, 2.05) is 31.2 Å². The first kappa shape index (κ1) is 13.7. The third-order valence-electron chi connectivity index (χ3n) is 4.28. The molecule has 0 saturated carbocycles. The van der Waals surface area contributed by atoms with E-state index in [0.29, 0.717) is 0 Å². The molecule has 1 aliphatic heterocycles. The predicted octanol–water partition coefficient (Wildman–Crippen LogP) is 1.14. The molecule has 0 bridgehead atoms. The molecular formula is C16H17N2O3-. The zero-order chi connectivity index (χ0) is 15.1. The number of rotatable bonds is 2. The van der Waals surface area contributed by atoms with E-state index >= 15 is 0 Å². The molecule has 110 valence electrons. The summed E-state index contributed by atoms with van der Waals surface area (Å²) >= 11 is 0. The molecule has 0 fully saturated rings. The number of para-hydroxylation sites is 1. The van der Waals surface area contributed by atoms with Crippen LogP contribution < -0.4 is 5.11 Å². The third kappa shape index (κ3) is 2.00. The number of H-pyrrole nitrogens is 1. The molecule has 5 heteroatoms. The molecule has 2 heterocycles. The van der Waals surface area contributed by atoms with Gasteiger partial charge in [-0.1, -0.05) is 25.1 Å². The normalized spacial score (nSPS) is 21.3. The number of carboxylic acids is 1. The Kier molecular flexibility index (Phi) is 3.20. The summed E-state index contributed by atoms with van der Waals surface area (Å²) in [7, 11) is 0. The van der Waals surface area contributed by atoms with Crippen LogP contribution in [0.1, 0.15) is 37.6 Å². The number of fused-ring (bicyclic) bond motifs is 3. The molecule has 2 atom stereocenters. The number of nitrogens with zero attached hydrogens (tertiary/aromatic N) is 1. The van der Waals surface area contributed by atoms with Gasteiger partial charge in [-0.15, -0.1) is 0 Å². The number of aromatic nitrogens is 1. The van der Waals surface area contributed by atoms with E-state index in [2.05, 4.69) is 4.98 Å². The summed E-state index contributed by atoms with van der Waals surface area (Å²) in [6.07, 6.45) is 0.571. The lowest BCUT2D eigenvalue weighted by molar-refractivity contribution is -0.312. The topological polar surface area (TPSA) is 76.2 Å². The highest BCUT2D eigenvalue weighted by Gasteiger charge is 2.37. The first-order chi connectivity index (χ1) is 10.0. The van der Waals surface area contributed by atoms with Gasteiger partial charge in [-0.2, -0.15) is 0 Å². The average Bonchev–Trinajstić information content (AvgIpc) is 2.85. The molecule has 0 aliphatic carbocycles.